The van der Waals surface area contributed by atoms with E-state index in [1.165, 1.54) is 0 Å². The van der Waals surface area contributed by atoms with Crippen molar-refractivity contribution >= 4 is 17.5 Å². The Balaban J connectivity index is 1.47. The van der Waals surface area contributed by atoms with Crippen molar-refractivity contribution in [3.05, 3.63) is 34.4 Å². The second-order valence-corrected chi connectivity index (χ2v) is 8.18. The summed E-state index contributed by atoms with van der Waals surface area (Å²) >= 11 is 0. The van der Waals surface area contributed by atoms with E-state index in [1.54, 1.807) is 12.1 Å². The second-order valence-electron chi connectivity index (χ2n) is 8.18. The highest BCUT2D eigenvalue weighted by molar-refractivity contribution is 5.69. The number of ether oxygens (including phenoxy) is 1. The van der Waals surface area contributed by atoms with Crippen LogP contribution >= 0.6 is 0 Å². The van der Waals surface area contributed by atoms with E-state index < -0.39 is 5.60 Å². The summed E-state index contributed by atoms with van der Waals surface area (Å²) in [7, 11) is 0. The Kier molecular flexibility index (Phi) is 5.55. The number of benzene rings is 1. The summed E-state index contributed by atoms with van der Waals surface area (Å²) in [4.78, 5) is 29.1. The molecule has 2 aliphatic rings. The molecular weight excluding hydrogens is 348 g/mol. The first-order chi connectivity index (χ1) is 12.7. The molecule has 27 heavy (non-hydrogen) atoms. The fourth-order valence-electron chi connectivity index (χ4n) is 3.46. The molecule has 1 unspecified atom stereocenters. The maximum atomic E-state index is 12.2. The molecule has 8 nitrogen and oxygen atoms in total. The van der Waals surface area contributed by atoms with Gasteiger partial charge in [-0.25, -0.2) is 4.79 Å². The first-order valence-electron chi connectivity index (χ1n) is 9.44. The number of piperazine rings is 1. The molecule has 0 aromatic heterocycles. The highest BCUT2D eigenvalue weighted by Gasteiger charge is 2.36. The molecule has 2 heterocycles. The summed E-state index contributed by atoms with van der Waals surface area (Å²) in [6.07, 6.45) is 0.796. The average molecular weight is 376 g/mol. The van der Waals surface area contributed by atoms with Crippen LogP contribution in [0.4, 0.5) is 16.2 Å². The summed E-state index contributed by atoms with van der Waals surface area (Å²) in [6, 6.07) is 6.95. The van der Waals surface area contributed by atoms with Gasteiger partial charge in [0.15, 0.2) is 0 Å². The summed E-state index contributed by atoms with van der Waals surface area (Å²) in [5.41, 5.74) is 0.664. The molecule has 2 fully saturated rings. The van der Waals surface area contributed by atoms with Gasteiger partial charge in [-0.3, -0.25) is 15.0 Å². The number of hydrogen-bond acceptors (Lipinski definition) is 6. The van der Waals surface area contributed by atoms with Crippen LogP contribution in [0, 0.1) is 10.1 Å². The molecule has 0 aliphatic carbocycles. The number of carbonyl (C=O) groups is 1. The van der Waals surface area contributed by atoms with Gasteiger partial charge in [0, 0.05) is 63.1 Å². The molecule has 3 rings (SSSR count). The third kappa shape index (κ3) is 4.88. The lowest BCUT2D eigenvalue weighted by atomic mass is 10.0. The molecule has 8 heteroatoms. The van der Waals surface area contributed by atoms with Crippen molar-refractivity contribution in [2.75, 3.05) is 44.2 Å². The Morgan fingerprint density at radius 2 is 1.78 bits per heavy atom. The molecule has 1 atom stereocenters. The van der Waals surface area contributed by atoms with Crippen molar-refractivity contribution in [2.45, 2.75) is 38.8 Å². The molecule has 2 aliphatic heterocycles. The van der Waals surface area contributed by atoms with Crippen molar-refractivity contribution in [1.29, 1.82) is 0 Å². The van der Waals surface area contributed by atoms with Crippen LogP contribution in [0.25, 0.3) is 0 Å². The molecule has 1 amide bonds. The zero-order valence-corrected chi connectivity index (χ0v) is 16.3. The Bertz CT molecular complexity index is 678. The first kappa shape index (κ1) is 19.4. The number of carbonyl (C=O) groups excluding carboxylic acids is 1. The number of nitrogens with zero attached hydrogens (tertiary/aromatic N) is 4. The number of nitro groups is 1. The number of likely N-dealkylation sites (tertiary alicyclic amines) is 1. The van der Waals surface area contributed by atoms with Gasteiger partial charge >= 0.3 is 6.09 Å². The molecular formula is C19H28N4O4. The lowest BCUT2D eigenvalue weighted by Crippen LogP contribution is -2.59. The summed E-state index contributed by atoms with van der Waals surface area (Å²) < 4.78 is 5.47. The van der Waals surface area contributed by atoms with Crippen molar-refractivity contribution < 1.29 is 14.5 Å². The number of nitro benzene ring substituents is 1. The Morgan fingerprint density at radius 1 is 1.15 bits per heavy atom. The molecule has 1 aromatic rings. The standard InChI is InChI=1S/C19H28N4O4/c1-19(2,3)27-18(24)22-9-8-17(22)14-20-10-12-21(13-11-20)15-4-6-16(7-5-15)23(25)26/h4-7,17H,8-14H2,1-3H3. The monoisotopic (exact) mass is 376 g/mol. The van der Waals surface area contributed by atoms with Crippen LogP contribution in [0.3, 0.4) is 0 Å². The van der Waals surface area contributed by atoms with Crippen LogP contribution in [0.5, 0.6) is 0 Å². The van der Waals surface area contributed by atoms with E-state index >= 15 is 0 Å². The Labute approximate surface area is 159 Å². The van der Waals surface area contributed by atoms with E-state index in [0.717, 1.165) is 51.4 Å². The molecule has 2 saturated heterocycles. The predicted molar refractivity (Wildman–Crippen MR) is 103 cm³/mol. The van der Waals surface area contributed by atoms with Gasteiger partial charge in [0.25, 0.3) is 5.69 Å². The zero-order valence-electron chi connectivity index (χ0n) is 16.3. The molecule has 0 bridgehead atoms. The average Bonchev–Trinajstić information content (AvgIpc) is 2.57. The van der Waals surface area contributed by atoms with E-state index in [4.69, 9.17) is 4.74 Å². The molecule has 0 saturated carbocycles. The van der Waals surface area contributed by atoms with Gasteiger partial charge in [0.05, 0.1) is 4.92 Å². The van der Waals surface area contributed by atoms with Crippen molar-refractivity contribution in [2.24, 2.45) is 0 Å². The van der Waals surface area contributed by atoms with Gasteiger partial charge < -0.3 is 14.5 Å². The Hall–Kier alpha value is -2.35. The summed E-state index contributed by atoms with van der Waals surface area (Å²) in [6.45, 7) is 10.9. The van der Waals surface area contributed by atoms with Crippen LogP contribution < -0.4 is 4.90 Å². The van der Waals surface area contributed by atoms with E-state index in [2.05, 4.69) is 9.80 Å². The van der Waals surface area contributed by atoms with Crippen molar-refractivity contribution in [3.63, 3.8) is 0 Å². The van der Waals surface area contributed by atoms with Crippen molar-refractivity contribution in [3.8, 4) is 0 Å². The van der Waals surface area contributed by atoms with Crippen molar-refractivity contribution in [1.82, 2.24) is 9.80 Å². The largest absolute Gasteiger partial charge is 0.444 e. The quantitative estimate of drug-likeness (QED) is 0.594. The third-order valence-electron chi connectivity index (χ3n) is 5.04. The molecule has 1 aromatic carbocycles. The molecule has 0 radical (unpaired) electrons. The normalized spacial score (nSPS) is 20.9. The van der Waals surface area contributed by atoms with Gasteiger partial charge in [-0.05, 0) is 39.3 Å². The molecule has 0 spiro atoms. The van der Waals surface area contributed by atoms with Crippen LogP contribution in [-0.4, -0.2) is 71.7 Å². The SMILES string of the molecule is CC(C)(C)OC(=O)N1CCC1CN1CCN(c2ccc([N+](=O)[O-])cc2)CC1. The minimum absolute atomic E-state index is 0.115. The highest BCUT2D eigenvalue weighted by atomic mass is 16.6. The highest BCUT2D eigenvalue weighted by Crippen LogP contribution is 2.24. The lowest BCUT2D eigenvalue weighted by Gasteiger charge is -2.45. The van der Waals surface area contributed by atoms with Gasteiger partial charge in [0.1, 0.15) is 5.60 Å². The fourth-order valence-corrected chi connectivity index (χ4v) is 3.46. The topological polar surface area (TPSA) is 79.2 Å². The maximum absolute atomic E-state index is 12.2. The summed E-state index contributed by atoms with van der Waals surface area (Å²) in [5.74, 6) is 0. The van der Waals surface area contributed by atoms with Gasteiger partial charge in [-0.15, -0.1) is 0 Å². The smallest absolute Gasteiger partial charge is 0.410 e. The van der Waals surface area contributed by atoms with E-state index in [1.807, 2.05) is 37.8 Å². The maximum Gasteiger partial charge on any atom is 0.410 e. The number of hydrogen-bond donors (Lipinski definition) is 0. The fraction of sp³-hybridized carbons (Fsp3) is 0.632. The van der Waals surface area contributed by atoms with Crippen LogP contribution in [0.15, 0.2) is 24.3 Å². The minimum atomic E-state index is -0.465. The first-order valence-corrected chi connectivity index (χ1v) is 9.44. The van der Waals surface area contributed by atoms with Gasteiger partial charge in [-0.2, -0.15) is 0 Å². The number of anilines is 1. The second kappa shape index (κ2) is 7.72. The summed E-state index contributed by atoms with van der Waals surface area (Å²) in [5, 5.41) is 10.8. The van der Waals surface area contributed by atoms with E-state index in [0.29, 0.717) is 0 Å². The lowest BCUT2D eigenvalue weighted by molar-refractivity contribution is -0.384. The van der Waals surface area contributed by atoms with Gasteiger partial charge in [-0.1, -0.05) is 0 Å². The number of rotatable bonds is 4. The Morgan fingerprint density at radius 3 is 2.26 bits per heavy atom. The minimum Gasteiger partial charge on any atom is -0.444 e. The van der Waals surface area contributed by atoms with Gasteiger partial charge in [0.2, 0.25) is 0 Å². The molecule has 148 valence electrons. The van der Waals surface area contributed by atoms with Crippen LogP contribution in [0.2, 0.25) is 0 Å². The molecule has 0 N–H and O–H groups in total. The predicted octanol–water partition coefficient (Wildman–Crippen LogP) is 2.73. The van der Waals surface area contributed by atoms with E-state index in [-0.39, 0.29) is 22.7 Å². The van der Waals surface area contributed by atoms with Crippen LogP contribution in [0.1, 0.15) is 27.2 Å². The number of amides is 1. The van der Waals surface area contributed by atoms with E-state index in [9.17, 15) is 14.9 Å². The number of non-ortho nitro benzene ring substituents is 1. The zero-order chi connectivity index (χ0) is 19.6. The third-order valence-corrected chi connectivity index (χ3v) is 5.04. The van der Waals surface area contributed by atoms with Crippen LogP contribution in [-0.2, 0) is 4.74 Å².